The van der Waals surface area contributed by atoms with Crippen LogP contribution in [0.4, 0.5) is 0 Å². The quantitative estimate of drug-likeness (QED) is 0.291. The van der Waals surface area contributed by atoms with Crippen LogP contribution in [0.2, 0.25) is 0 Å². The SMILES string of the molecule is CCCCCCOC(=O)c1ccccc1C(=O)C1=CC=C(N(CC)CC)CC=C1O. The number of Topliss-reactive ketones (excluding diaryl/α,β-unsaturated/α-hetero) is 1. The third-order valence-corrected chi connectivity index (χ3v) is 5.26. The molecule has 0 unspecified atom stereocenters. The summed E-state index contributed by atoms with van der Waals surface area (Å²) in [7, 11) is 0. The van der Waals surface area contributed by atoms with Crippen molar-refractivity contribution in [2.45, 2.75) is 52.9 Å². The highest BCUT2D eigenvalue weighted by Gasteiger charge is 2.23. The molecule has 162 valence electrons. The molecule has 5 heteroatoms. The molecule has 0 aliphatic heterocycles. The molecule has 30 heavy (non-hydrogen) atoms. The topological polar surface area (TPSA) is 66.8 Å². The van der Waals surface area contributed by atoms with Crippen LogP contribution in [0, 0.1) is 0 Å². The van der Waals surface area contributed by atoms with Gasteiger partial charge in [-0.3, -0.25) is 4.79 Å². The van der Waals surface area contributed by atoms with Crippen molar-refractivity contribution in [3.05, 3.63) is 70.6 Å². The highest BCUT2D eigenvalue weighted by Crippen LogP contribution is 2.24. The Morgan fingerprint density at radius 3 is 2.37 bits per heavy atom. The molecule has 0 radical (unpaired) electrons. The second kappa shape index (κ2) is 12.0. The van der Waals surface area contributed by atoms with Crippen molar-refractivity contribution in [3.8, 4) is 0 Å². The number of carbonyl (C=O) groups is 2. The number of hydrogen-bond donors (Lipinski definition) is 1. The first kappa shape index (κ1) is 23.5. The summed E-state index contributed by atoms with van der Waals surface area (Å²) in [6, 6.07) is 6.61. The van der Waals surface area contributed by atoms with Crippen molar-refractivity contribution in [2.24, 2.45) is 0 Å². The molecule has 1 aromatic rings. The summed E-state index contributed by atoms with van der Waals surface area (Å²) < 4.78 is 5.38. The Bertz CT molecular complexity index is 831. The molecule has 1 aliphatic rings. The van der Waals surface area contributed by atoms with Crippen molar-refractivity contribution >= 4 is 11.8 Å². The number of benzene rings is 1. The molecule has 0 atom stereocenters. The van der Waals surface area contributed by atoms with Gasteiger partial charge in [-0.05, 0) is 44.6 Å². The number of allylic oxidation sites excluding steroid dienone is 4. The second-order valence-electron chi connectivity index (χ2n) is 7.28. The number of ether oxygens (including phenoxy) is 1. The first-order chi connectivity index (χ1) is 14.5. The van der Waals surface area contributed by atoms with E-state index < -0.39 is 5.97 Å². The summed E-state index contributed by atoms with van der Waals surface area (Å²) in [4.78, 5) is 27.9. The Balaban J connectivity index is 2.23. The third-order valence-electron chi connectivity index (χ3n) is 5.26. The molecule has 0 bridgehead atoms. The molecule has 1 aromatic carbocycles. The van der Waals surface area contributed by atoms with Crippen LogP contribution in [-0.2, 0) is 4.74 Å². The lowest BCUT2D eigenvalue weighted by atomic mass is 9.97. The molecule has 1 N–H and O–H groups in total. The summed E-state index contributed by atoms with van der Waals surface area (Å²) in [5.74, 6) is -0.965. The molecule has 1 aliphatic carbocycles. The number of esters is 1. The normalized spacial score (nSPS) is 13.6. The van der Waals surface area contributed by atoms with E-state index in [0.717, 1.165) is 44.5 Å². The molecule has 0 aromatic heterocycles. The van der Waals surface area contributed by atoms with E-state index in [0.29, 0.717) is 13.0 Å². The van der Waals surface area contributed by atoms with Crippen molar-refractivity contribution in [1.82, 2.24) is 4.90 Å². The average Bonchev–Trinajstić information content (AvgIpc) is 2.96. The number of rotatable bonds is 11. The molecule has 0 spiro atoms. The van der Waals surface area contributed by atoms with E-state index in [-0.39, 0.29) is 28.2 Å². The van der Waals surface area contributed by atoms with Gasteiger partial charge >= 0.3 is 5.97 Å². The number of unbranched alkanes of at least 4 members (excludes halogenated alkanes) is 3. The molecule has 5 nitrogen and oxygen atoms in total. The second-order valence-corrected chi connectivity index (χ2v) is 7.28. The van der Waals surface area contributed by atoms with E-state index in [1.165, 1.54) is 0 Å². The number of hydrogen-bond acceptors (Lipinski definition) is 5. The van der Waals surface area contributed by atoms with Crippen LogP contribution in [0.25, 0.3) is 0 Å². The van der Waals surface area contributed by atoms with Gasteiger partial charge in [0.25, 0.3) is 0 Å². The molecule has 0 saturated carbocycles. The van der Waals surface area contributed by atoms with Gasteiger partial charge in [-0.1, -0.05) is 44.4 Å². The number of aliphatic hydroxyl groups is 1. The standard InChI is InChI=1S/C25H33NO4/c1-4-7-8-11-18-30-25(29)21-13-10-9-12-20(21)24(28)22-16-14-19(15-17-23(22)27)26(5-2)6-3/h9-10,12-14,16-17,27H,4-8,11,15,18H2,1-3H3. The molecule has 0 heterocycles. The Hall–Kier alpha value is -2.82. The number of aliphatic hydroxyl groups excluding tert-OH is 1. The van der Waals surface area contributed by atoms with Gasteiger partial charge in [0.1, 0.15) is 5.76 Å². The molecular weight excluding hydrogens is 378 g/mol. The molecule has 0 saturated heterocycles. The summed E-state index contributed by atoms with van der Waals surface area (Å²) in [5, 5.41) is 10.5. The van der Waals surface area contributed by atoms with E-state index >= 15 is 0 Å². The molecule has 0 amide bonds. The van der Waals surface area contributed by atoms with E-state index in [1.54, 1.807) is 36.4 Å². The first-order valence-corrected chi connectivity index (χ1v) is 10.9. The van der Waals surface area contributed by atoms with Crippen LogP contribution < -0.4 is 0 Å². The van der Waals surface area contributed by atoms with Gasteiger partial charge in [0.15, 0.2) is 5.78 Å². The van der Waals surface area contributed by atoms with Crippen molar-refractivity contribution < 1.29 is 19.4 Å². The minimum Gasteiger partial charge on any atom is -0.508 e. The number of nitrogens with zero attached hydrogens (tertiary/aromatic N) is 1. The van der Waals surface area contributed by atoms with Gasteiger partial charge < -0.3 is 14.7 Å². The predicted octanol–water partition coefficient (Wildman–Crippen LogP) is 5.60. The van der Waals surface area contributed by atoms with Gasteiger partial charge in [0.2, 0.25) is 0 Å². The largest absolute Gasteiger partial charge is 0.508 e. The van der Waals surface area contributed by atoms with Crippen LogP contribution in [0.1, 0.15) is 73.6 Å². The maximum absolute atomic E-state index is 13.2. The van der Waals surface area contributed by atoms with Crippen LogP contribution in [0.3, 0.4) is 0 Å². The minimum atomic E-state index is -0.507. The van der Waals surface area contributed by atoms with Gasteiger partial charge in [-0.25, -0.2) is 4.79 Å². The molecular formula is C25H33NO4. The van der Waals surface area contributed by atoms with Crippen LogP contribution in [0.5, 0.6) is 0 Å². The monoisotopic (exact) mass is 411 g/mol. The summed E-state index contributed by atoms with van der Waals surface area (Å²) in [5.41, 5.74) is 1.68. The van der Waals surface area contributed by atoms with Gasteiger partial charge in [0.05, 0.1) is 17.7 Å². The zero-order valence-electron chi connectivity index (χ0n) is 18.3. The lowest BCUT2D eigenvalue weighted by Crippen LogP contribution is -2.21. The van der Waals surface area contributed by atoms with Gasteiger partial charge in [0, 0.05) is 30.8 Å². The van der Waals surface area contributed by atoms with Gasteiger partial charge in [-0.15, -0.1) is 0 Å². The Kier molecular flexibility index (Phi) is 9.39. The summed E-state index contributed by atoms with van der Waals surface area (Å²) in [6.45, 7) is 8.30. The zero-order valence-corrected chi connectivity index (χ0v) is 18.3. The average molecular weight is 412 g/mol. The van der Waals surface area contributed by atoms with E-state index in [1.807, 2.05) is 6.08 Å². The highest BCUT2D eigenvalue weighted by atomic mass is 16.5. The highest BCUT2D eigenvalue weighted by molar-refractivity contribution is 6.16. The lowest BCUT2D eigenvalue weighted by molar-refractivity contribution is 0.0495. The van der Waals surface area contributed by atoms with E-state index in [9.17, 15) is 14.7 Å². The van der Waals surface area contributed by atoms with Crippen LogP contribution in [0.15, 0.2) is 59.5 Å². The maximum Gasteiger partial charge on any atom is 0.338 e. The number of carbonyl (C=O) groups excluding carboxylic acids is 2. The van der Waals surface area contributed by atoms with E-state index in [2.05, 4.69) is 25.7 Å². The van der Waals surface area contributed by atoms with Crippen molar-refractivity contribution in [3.63, 3.8) is 0 Å². The fourth-order valence-corrected chi connectivity index (χ4v) is 3.48. The molecule has 2 rings (SSSR count). The third kappa shape index (κ3) is 6.09. The first-order valence-electron chi connectivity index (χ1n) is 10.9. The maximum atomic E-state index is 13.2. The molecule has 0 fully saturated rings. The van der Waals surface area contributed by atoms with Crippen LogP contribution in [-0.4, -0.2) is 41.5 Å². The Labute approximate surface area is 179 Å². The fraction of sp³-hybridized carbons (Fsp3) is 0.440. The smallest absolute Gasteiger partial charge is 0.338 e. The van der Waals surface area contributed by atoms with Crippen LogP contribution >= 0.6 is 0 Å². The van der Waals surface area contributed by atoms with Gasteiger partial charge in [-0.2, -0.15) is 0 Å². The fourth-order valence-electron chi connectivity index (χ4n) is 3.48. The summed E-state index contributed by atoms with van der Waals surface area (Å²) in [6.07, 6.45) is 9.74. The zero-order chi connectivity index (χ0) is 21.9. The van der Waals surface area contributed by atoms with Crippen molar-refractivity contribution in [2.75, 3.05) is 19.7 Å². The predicted molar refractivity (Wildman–Crippen MR) is 120 cm³/mol. The Morgan fingerprint density at radius 1 is 1.00 bits per heavy atom. The van der Waals surface area contributed by atoms with Crippen molar-refractivity contribution in [1.29, 1.82) is 0 Å². The summed E-state index contributed by atoms with van der Waals surface area (Å²) >= 11 is 0. The lowest BCUT2D eigenvalue weighted by Gasteiger charge is -2.23. The minimum absolute atomic E-state index is 0.0684. The number of ketones is 1. The Morgan fingerprint density at radius 2 is 1.70 bits per heavy atom. The van der Waals surface area contributed by atoms with E-state index in [4.69, 9.17) is 4.74 Å².